The molecule has 0 bridgehead atoms. The summed E-state index contributed by atoms with van der Waals surface area (Å²) < 4.78 is 28.4. The van der Waals surface area contributed by atoms with Gasteiger partial charge in [-0.25, -0.2) is 0 Å². The van der Waals surface area contributed by atoms with Crippen molar-refractivity contribution in [1.29, 1.82) is 0 Å². The highest BCUT2D eigenvalue weighted by Gasteiger charge is 2.08. The van der Waals surface area contributed by atoms with E-state index in [-0.39, 0.29) is 17.1 Å². The van der Waals surface area contributed by atoms with Crippen LogP contribution in [0.1, 0.15) is 15.9 Å². The van der Waals surface area contributed by atoms with Crippen LogP contribution < -0.4 is 15.6 Å². The first-order chi connectivity index (χ1) is 11.0. The van der Waals surface area contributed by atoms with Gasteiger partial charge in [-0.15, -0.1) is 0 Å². The molecule has 0 saturated carbocycles. The average molecular weight is 320 g/mol. The highest BCUT2D eigenvalue weighted by molar-refractivity contribution is 5.94. The van der Waals surface area contributed by atoms with Crippen molar-refractivity contribution in [3.63, 3.8) is 0 Å². The SMILES string of the molecule is C=C(NNC(=O)c1cccc(O)c1)c1ccc(OC(F)F)cc1. The van der Waals surface area contributed by atoms with Crippen LogP contribution in [-0.4, -0.2) is 17.6 Å². The smallest absolute Gasteiger partial charge is 0.387 e. The molecule has 2 aromatic rings. The lowest BCUT2D eigenvalue weighted by molar-refractivity contribution is -0.0498. The maximum Gasteiger partial charge on any atom is 0.387 e. The Labute approximate surface area is 131 Å². The molecule has 120 valence electrons. The van der Waals surface area contributed by atoms with E-state index in [2.05, 4.69) is 22.2 Å². The zero-order valence-corrected chi connectivity index (χ0v) is 11.9. The molecular formula is C16H14F2N2O3. The minimum atomic E-state index is -2.89. The Morgan fingerprint density at radius 3 is 2.39 bits per heavy atom. The van der Waals surface area contributed by atoms with Gasteiger partial charge in [0.1, 0.15) is 11.5 Å². The van der Waals surface area contributed by atoms with Crippen LogP contribution in [0.15, 0.2) is 55.1 Å². The van der Waals surface area contributed by atoms with Gasteiger partial charge in [-0.05, 0) is 48.0 Å². The minimum Gasteiger partial charge on any atom is -0.508 e. The molecular weight excluding hydrogens is 306 g/mol. The number of hydrogen-bond donors (Lipinski definition) is 3. The van der Waals surface area contributed by atoms with Crippen LogP contribution in [0, 0.1) is 0 Å². The first-order valence-electron chi connectivity index (χ1n) is 6.55. The number of hydrogen-bond acceptors (Lipinski definition) is 4. The minimum absolute atomic E-state index is 0.0221. The molecule has 1 amide bonds. The van der Waals surface area contributed by atoms with Gasteiger partial charge in [-0.2, -0.15) is 8.78 Å². The molecule has 5 nitrogen and oxygen atoms in total. The molecule has 3 N–H and O–H groups in total. The normalized spacial score (nSPS) is 10.2. The van der Waals surface area contributed by atoms with E-state index in [1.807, 2.05) is 0 Å². The molecule has 0 atom stereocenters. The summed E-state index contributed by atoms with van der Waals surface area (Å²) in [6, 6.07) is 11.6. The van der Waals surface area contributed by atoms with Gasteiger partial charge in [0.15, 0.2) is 0 Å². The van der Waals surface area contributed by atoms with E-state index >= 15 is 0 Å². The van der Waals surface area contributed by atoms with Crippen LogP contribution in [-0.2, 0) is 0 Å². The van der Waals surface area contributed by atoms with E-state index in [0.717, 1.165) is 0 Å². The van der Waals surface area contributed by atoms with Crippen molar-refractivity contribution in [3.8, 4) is 11.5 Å². The summed E-state index contributed by atoms with van der Waals surface area (Å²) in [6.45, 7) is 0.849. The Hall–Kier alpha value is -3.09. The fourth-order valence-corrected chi connectivity index (χ4v) is 1.76. The summed E-state index contributed by atoms with van der Waals surface area (Å²) in [6.07, 6.45) is 0. The second-order valence-corrected chi connectivity index (χ2v) is 4.51. The number of rotatable bonds is 6. The van der Waals surface area contributed by atoms with Gasteiger partial charge in [0.05, 0.1) is 5.70 Å². The van der Waals surface area contributed by atoms with Gasteiger partial charge in [-0.3, -0.25) is 15.6 Å². The molecule has 2 rings (SSSR count). The highest BCUT2D eigenvalue weighted by atomic mass is 19.3. The van der Waals surface area contributed by atoms with Crippen molar-refractivity contribution in [3.05, 3.63) is 66.2 Å². The Morgan fingerprint density at radius 1 is 1.09 bits per heavy atom. The number of carbonyl (C=O) groups is 1. The summed E-state index contributed by atoms with van der Waals surface area (Å²) in [5.74, 6) is -0.453. The summed E-state index contributed by atoms with van der Waals surface area (Å²) in [4.78, 5) is 11.9. The first-order valence-corrected chi connectivity index (χ1v) is 6.55. The van der Waals surface area contributed by atoms with Crippen LogP contribution in [0.5, 0.6) is 11.5 Å². The van der Waals surface area contributed by atoms with Crippen molar-refractivity contribution in [2.75, 3.05) is 0 Å². The van der Waals surface area contributed by atoms with Crippen molar-refractivity contribution < 1.29 is 23.4 Å². The maximum absolute atomic E-state index is 12.1. The zero-order valence-electron chi connectivity index (χ0n) is 11.9. The van der Waals surface area contributed by atoms with Crippen LogP contribution in [0.25, 0.3) is 5.70 Å². The lowest BCUT2D eigenvalue weighted by Crippen LogP contribution is -2.35. The van der Waals surface area contributed by atoms with E-state index in [4.69, 9.17) is 0 Å². The number of phenolic OH excluding ortho intramolecular Hbond substituents is 1. The summed E-state index contributed by atoms with van der Waals surface area (Å²) in [5, 5.41) is 9.32. The number of nitrogens with one attached hydrogen (secondary N) is 2. The molecule has 23 heavy (non-hydrogen) atoms. The molecule has 0 aliphatic carbocycles. The standard InChI is InChI=1S/C16H14F2N2O3/c1-10(11-5-7-14(8-6-11)23-16(17)18)19-20-15(22)12-3-2-4-13(21)9-12/h2-9,16,19,21H,1H2,(H,20,22). The second-order valence-electron chi connectivity index (χ2n) is 4.51. The third-order valence-electron chi connectivity index (χ3n) is 2.86. The quantitative estimate of drug-likeness (QED) is 0.716. The summed E-state index contributed by atoms with van der Waals surface area (Å²) in [5.41, 5.74) is 6.25. The Morgan fingerprint density at radius 2 is 1.78 bits per heavy atom. The number of ether oxygens (including phenoxy) is 1. The molecule has 7 heteroatoms. The molecule has 0 saturated heterocycles. The van der Waals surface area contributed by atoms with Crippen molar-refractivity contribution in [1.82, 2.24) is 10.9 Å². The van der Waals surface area contributed by atoms with Crippen LogP contribution in [0.3, 0.4) is 0 Å². The van der Waals surface area contributed by atoms with E-state index in [0.29, 0.717) is 11.3 Å². The summed E-state index contributed by atoms with van der Waals surface area (Å²) in [7, 11) is 0. The van der Waals surface area contributed by atoms with Gasteiger partial charge < -0.3 is 9.84 Å². The molecule has 0 aliphatic rings. The number of hydrazine groups is 1. The van der Waals surface area contributed by atoms with E-state index in [9.17, 15) is 18.7 Å². The summed E-state index contributed by atoms with van der Waals surface area (Å²) >= 11 is 0. The van der Waals surface area contributed by atoms with Crippen molar-refractivity contribution in [2.24, 2.45) is 0 Å². The zero-order chi connectivity index (χ0) is 16.8. The molecule has 0 heterocycles. The molecule has 0 fully saturated rings. The lowest BCUT2D eigenvalue weighted by Gasteiger charge is -2.12. The predicted molar refractivity (Wildman–Crippen MR) is 80.8 cm³/mol. The van der Waals surface area contributed by atoms with E-state index in [1.165, 1.54) is 42.5 Å². The molecule has 0 unspecified atom stereocenters. The topological polar surface area (TPSA) is 70.6 Å². The average Bonchev–Trinajstić information content (AvgIpc) is 2.52. The van der Waals surface area contributed by atoms with Gasteiger partial charge in [0, 0.05) is 5.56 Å². The number of carbonyl (C=O) groups excluding carboxylic acids is 1. The van der Waals surface area contributed by atoms with Crippen LogP contribution >= 0.6 is 0 Å². The van der Waals surface area contributed by atoms with Gasteiger partial charge >= 0.3 is 6.61 Å². The Kier molecular flexibility index (Phi) is 5.14. The molecule has 2 aromatic carbocycles. The van der Waals surface area contributed by atoms with E-state index in [1.54, 1.807) is 6.07 Å². The molecule has 0 aliphatic heterocycles. The number of halogens is 2. The molecule has 0 aromatic heterocycles. The second kappa shape index (κ2) is 7.26. The third kappa shape index (κ3) is 4.70. The fourth-order valence-electron chi connectivity index (χ4n) is 1.76. The third-order valence-corrected chi connectivity index (χ3v) is 2.86. The van der Waals surface area contributed by atoms with Gasteiger partial charge in [0.2, 0.25) is 0 Å². The van der Waals surface area contributed by atoms with Crippen LogP contribution in [0.2, 0.25) is 0 Å². The number of alkyl halides is 2. The first kappa shape index (κ1) is 16.3. The monoisotopic (exact) mass is 320 g/mol. The predicted octanol–water partition coefficient (Wildman–Crippen LogP) is 2.90. The fraction of sp³-hybridized carbons (Fsp3) is 0.0625. The van der Waals surface area contributed by atoms with Gasteiger partial charge in [-0.1, -0.05) is 12.6 Å². The maximum atomic E-state index is 12.1. The Bertz CT molecular complexity index is 703. The lowest BCUT2D eigenvalue weighted by atomic mass is 10.2. The highest BCUT2D eigenvalue weighted by Crippen LogP contribution is 2.17. The van der Waals surface area contributed by atoms with Gasteiger partial charge in [0.25, 0.3) is 5.91 Å². The van der Waals surface area contributed by atoms with Crippen molar-refractivity contribution >= 4 is 11.6 Å². The number of benzene rings is 2. The number of phenols is 1. The van der Waals surface area contributed by atoms with E-state index < -0.39 is 12.5 Å². The molecule has 0 spiro atoms. The van der Waals surface area contributed by atoms with Crippen molar-refractivity contribution in [2.45, 2.75) is 6.61 Å². The molecule has 0 radical (unpaired) electrons. The van der Waals surface area contributed by atoms with Crippen LogP contribution in [0.4, 0.5) is 8.78 Å². The number of aromatic hydroxyl groups is 1. The largest absolute Gasteiger partial charge is 0.508 e. The number of amides is 1. The Balaban J connectivity index is 1.93.